The normalized spacial score (nSPS) is 22.8. The zero-order chi connectivity index (χ0) is 13.9. The van der Waals surface area contributed by atoms with E-state index in [1.165, 1.54) is 6.34 Å². The molecule has 4 heterocycles. The SMILES string of the molecule is C1=NC2=CC=NC2=N1.C1CNCCN1.C1COCCN1. The number of hydrogen-bond donors (Lipinski definition) is 3. The van der Waals surface area contributed by atoms with Crippen molar-refractivity contribution in [1.29, 1.82) is 0 Å². The summed E-state index contributed by atoms with van der Waals surface area (Å²) in [4.78, 5) is 11.7. The number of amidine groups is 1. The molecule has 0 amide bonds. The summed E-state index contributed by atoms with van der Waals surface area (Å²) in [6.45, 7) is 8.39. The first-order valence-corrected chi connectivity index (χ1v) is 7.02. The topological polar surface area (TPSA) is 82.4 Å². The van der Waals surface area contributed by atoms with E-state index < -0.39 is 0 Å². The molecule has 0 aromatic heterocycles. The van der Waals surface area contributed by atoms with E-state index in [1.807, 2.05) is 6.08 Å². The van der Waals surface area contributed by atoms with Crippen LogP contribution in [0.3, 0.4) is 0 Å². The first kappa shape index (κ1) is 15.0. The third-order valence-electron chi connectivity index (χ3n) is 2.84. The third kappa shape index (κ3) is 5.70. The summed E-state index contributed by atoms with van der Waals surface area (Å²) in [5.74, 6) is 0.741. The summed E-state index contributed by atoms with van der Waals surface area (Å²) >= 11 is 0. The molecule has 0 radical (unpaired) electrons. The van der Waals surface area contributed by atoms with Crippen LogP contribution in [0.5, 0.6) is 0 Å². The molecule has 4 aliphatic heterocycles. The van der Waals surface area contributed by atoms with Crippen molar-refractivity contribution in [2.45, 2.75) is 0 Å². The number of allylic oxidation sites excluding steroid dienone is 1. The Morgan fingerprint density at radius 3 is 1.95 bits per heavy atom. The molecular formula is C13H22N6O. The van der Waals surface area contributed by atoms with Crippen LogP contribution in [0.2, 0.25) is 0 Å². The van der Waals surface area contributed by atoms with Crippen molar-refractivity contribution in [3.8, 4) is 0 Å². The average molecular weight is 278 g/mol. The van der Waals surface area contributed by atoms with Gasteiger partial charge in [-0.2, -0.15) is 0 Å². The zero-order valence-corrected chi connectivity index (χ0v) is 11.6. The van der Waals surface area contributed by atoms with Crippen LogP contribution in [0.1, 0.15) is 0 Å². The molecule has 4 aliphatic rings. The van der Waals surface area contributed by atoms with Gasteiger partial charge in [0, 0.05) is 45.5 Å². The van der Waals surface area contributed by atoms with Gasteiger partial charge in [0.2, 0.25) is 0 Å². The molecule has 0 atom stereocenters. The molecule has 3 N–H and O–H groups in total. The number of fused-ring (bicyclic) bond motifs is 1. The van der Waals surface area contributed by atoms with Crippen LogP contribution in [0.25, 0.3) is 0 Å². The maximum Gasteiger partial charge on any atom is 0.179 e. The number of nitrogens with one attached hydrogen (secondary N) is 3. The molecule has 7 heteroatoms. The highest BCUT2D eigenvalue weighted by Gasteiger charge is 2.10. The van der Waals surface area contributed by atoms with Crippen molar-refractivity contribution < 1.29 is 4.74 Å². The van der Waals surface area contributed by atoms with Gasteiger partial charge < -0.3 is 20.7 Å². The van der Waals surface area contributed by atoms with Crippen molar-refractivity contribution in [2.24, 2.45) is 15.0 Å². The average Bonchev–Trinajstić information content (AvgIpc) is 3.16. The van der Waals surface area contributed by atoms with Crippen LogP contribution < -0.4 is 16.0 Å². The van der Waals surface area contributed by atoms with E-state index in [0.29, 0.717) is 0 Å². The smallest absolute Gasteiger partial charge is 0.179 e. The van der Waals surface area contributed by atoms with E-state index in [2.05, 4.69) is 30.9 Å². The van der Waals surface area contributed by atoms with Gasteiger partial charge in [-0.15, -0.1) is 0 Å². The molecule has 0 saturated carbocycles. The van der Waals surface area contributed by atoms with Crippen LogP contribution in [0, 0.1) is 0 Å². The predicted molar refractivity (Wildman–Crippen MR) is 81.9 cm³/mol. The summed E-state index contributed by atoms with van der Waals surface area (Å²) in [6.07, 6.45) is 5.05. The molecule has 0 spiro atoms. The highest BCUT2D eigenvalue weighted by molar-refractivity contribution is 6.15. The van der Waals surface area contributed by atoms with Gasteiger partial charge in [-0.25, -0.2) is 15.0 Å². The fourth-order valence-electron chi connectivity index (χ4n) is 1.78. The van der Waals surface area contributed by atoms with Crippen molar-refractivity contribution >= 4 is 18.4 Å². The Morgan fingerprint density at radius 1 is 0.850 bits per heavy atom. The molecule has 110 valence electrons. The second-order valence-corrected chi connectivity index (χ2v) is 4.39. The highest BCUT2D eigenvalue weighted by Crippen LogP contribution is 2.09. The van der Waals surface area contributed by atoms with Crippen molar-refractivity contribution in [3.05, 3.63) is 11.8 Å². The number of hydrogen-bond acceptors (Lipinski definition) is 7. The Morgan fingerprint density at radius 2 is 1.50 bits per heavy atom. The van der Waals surface area contributed by atoms with Gasteiger partial charge >= 0.3 is 0 Å². The number of piperazine rings is 1. The lowest BCUT2D eigenvalue weighted by atomic mass is 10.4. The second-order valence-electron chi connectivity index (χ2n) is 4.39. The first-order chi connectivity index (χ1) is 9.97. The van der Waals surface area contributed by atoms with Crippen LogP contribution >= 0.6 is 0 Å². The van der Waals surface area contributed by atoms with Gasteiger partial charge in [0.05, 0.1) is 13.2 Å². The minimum Gasteiger partial charge on any atom is -0.379 e. The van der Waals surface area contributed by atoms with E-state index in [-0.39, 0.29) is 0 Å². The van der Waals surface area contributed by atoms with Crippen LogP contribution in [-0.2, 0) is 4.74 Å². The maximum atomic E-state index is 5.01. The molecule has 20 heavy (non-hydrogen) atoms. The lowest BCUT2D eigenvalue weighted by Crippen LogP contribution is -2.39. The van der Waals surface area contributed by atoms with E-state index in [0.717, 1.165) is 64.0 Å². The molecule has 4 rings (SSSR count). The molecule has 0 unspecified atom stereocenters. The van der Waals surface area contributed by atoms with Crippen molar-refractivity contribution in [3.63, 3.8) is 0 Å². The molecule has 2 fully saturated rings. The quantitative estimate of drug-likeness (QED) is 0.541. The maximum absolute atomic E-state index is 5.01. The monoisotopic (exact) mass is 278 g/mol. The fraction of sp³-hybridized carbons (Fsp3) is 0.615. The van der Waals surface area contributed by atoms with Gasteiger partial charge in [0.25, 0.3) is 0 Å². The van der Waals surface area contributed by atoms with Gasteiger partial charge in [0.15, 0.2) is 5.84 Å². The van der Waals surface area contributed by atoms with Crippen LogP contribution in [0.4, 0.5) is 0 Å². The summed E-state index contributed by atoms with van der Waals surface area (Å²) < 4.78 is 5.01. The van der Waals surface area contributed by atoms with E-state index >= 15 is 0 Å². The number of nitrogens with zero attached hydrogens (tertiary/aromatic N) is 3. The van der Waals surface area contributed by atoms with Gasteiger partial charge in [-0.05, 0) is 6.08 Å². The summed E-state index contributed by atoms with van der Waals surface area (Å²) in [5, 5.41) is 9.60. The van der Waals surface area contributed by atoms with Gasteiger partial charge in [-0.3, -0.25) is 0 Å². The summed E-state index contributed by atoms with van der Waals surface area (Å²) in [5.41, 5.74) is 0.880. The Kier molecular flexibility index (Phi) is 7.11. The minimum absolute atomic E-state index is 0.741. The van der Waals surface area contributed by atoms with Crippen LogP contribution in [-0.4, -0.2) is 70.9 Å². The van der Waals surface area contributed by atoms with E-state index in [4.69, 9.17) is 4.74 Å². The van der Waals surface area contributed by atoms with Crippen molar-refractivity contribution in [1.82, 2.24) is 16.0 Å². The molecular weight excluding hydrogens is 256 g/mol. The molecule has 0 bridgehead atoms. The summed E-state index contributed by atoms with van der Waals surface area (Å²) in [6, 6.07) is 0. The molecule has 0 aromatic rings. The lowest BCUT2D eigenvalue weighted by molar-refractivity contribution is 0.109. The highest BCUT2D eigenvalue weighted by atomic mass is 16.5. The number of ether oxygens (including phenoxy) is 1. The van der Waals surface area contributed by atoms with E-state index in [1.54, 1.807) is 6.21 Å². The van der Waals surface area contributed by atoms with Gasteiger partial charge in [-0.1, -0.05) is 0 Å². The molecule has 0 aromatic carbocycles. The fourth-order valence-corrected chi connectivity index (χ4v) is 1.78. The number of rotatable bonds is 0. The minimum atomic E-state index is 0.741. The molecule has 2 saturated heterocycles. The number of aliphatic imine (C=N–C) groups is 3. The van der Waals surface area contributed by atoms with E-state index in [9.17, 15) is 0 Å². The Hall–Kier alpha value is -1.41. The van der Waals surface area contributed by atoms with Crippen molar-refractivity contribution in [2.75, 3.05) is 52.5 Å². The zero-order valence-electron chi connectivity index (χ0n) is 11.6. The largest absolute Gasteiger partial charge is 0.379 e. The second kappa shape index (κ2) is 9.49. The Bertz CT molecular complexity index is 333. The molecule has 0 aliphatic carbocycles. The van der Waals surface area contributed by atoms with Gasteiger partial charge in [0.1, 0.15) is 12.0 Å². The van der Waals surface area contributed by atoms with Crippen LogP contribution in [0.15, 0.2) is 26.8 Å². The Balaban J connectivity index is 0.000000112. The lowest BCUT2D eigenvalue weighted by Gasteiger charge is -2.11. The standard InChI is InChI=1S/C5H3N3.C4H10N2.C4H9NO/c1-2-6-5-4(1)7-3-8-5;1-2-6-4-3-5-1;1-3-6-4-2-5-1/h1-3H;5-6H,1-4H2;5H,1-4H2. The Labute approximate surface area is 119 Å². The number of morpholine rings is 1. The predicted octanol–water partition coefficient (Wildman–Crippen LogP) is -0.819. The third-order valence-corrected chi connectivity index (χ3v) is 2.84. The summed E-state index contributed by atoms with van der Waals surface area (Å²) in [7, 11) is 0. The first-order valence-electron chi connectivity index (χ1n) is 7.02. The molecule has 7 nitrogen and oxygen atoms in total.